The predicted molar refractivity (Wildman–Crippen MR) is 111 cm³/mol. The molecule has 1 atom stereocenters. The summed E-state index contributed by atoms with van der Waals surface area (Å²) in [5.41, 5.74) is 2.00. The number of anilines is 1. The van der Waals surface area contributed by atoms with Gasteiger partial charge in [-0.25, -0.2) is 0 Å². The molecule has 0 aliphatic carbocycles. The summed E-state index contributed by atoms with van der Waals surface area (Å²) >= 11 is 0. The molecule has 0 bridgehead atoms. The second-order valence-electron chi connectivity index (χ2n) is 7.86. The zero-order valence-electron chi connectivity index (χ0n) is 16.4. The lowest BCUT2D eigenvalue weighted by molar-refractivity contribution is -0.923. The number of rotatable bonds is 4. The van der Waals surface area contributed by atoms with E-state index < -0.39 is 0 Å². The van der Waals surface area contributed by atoms with Gasteiger partial charge in [0.15, 0.2) is 6.04 Å². The summed E-state index contributed by atoms with van der Waals surface area (Å²) in [5, 5.41) is 10.2. The van der Waals surface area contributed by atoms with E-state index in [1.165, 1.54) is 11.3 Å². The number of piperidine rings is 1. The number of benzene rings is 2. The molecule has 2 aromatic carbocycles. The Bertz CT molecular complexity index is 781. The van der Waals surface area contributed by atoms with Crippen LogP contribution in [-0.2, 0) is 4.79 Å². The van der Waals surface area contributed by atoms with Crippen LogP contribution < -0.4 is 9.80 Å². The maximum Gasteiger partial charge on any atom is 0.285 e. The predicted octanol–water partition coefficient (Wildman–Crippen LogP) is 1.85. The van der Waals surface area contributed by atoms with Crippen molar-refractivity contribution in [1.82, 2.24) is 4.90 Å². The molecule has 4 rings (SSSR count). The molecule has 0 radical (unpaired) electrons. The molecule has 2 heterocycles. The number of piperazine rings is 1. The smallest absolute Gasteiger partial charge is 0.285 e. The zero-order valence-corrected chi connectivity index (χ0v) is 16.4. The van der Waals surface area contributed by atoms with Crippen molar-refractivity contribution in [3.05, 3.63) is 60.2 Å². The van der Waals surface area contributed by atoms with Crippen LogP contribution in [0, 0.1) is 0 Å². The van der Waals surface area contributed by atoms with Gasteiger partial charge < -0.3 is 19.8 Å². The first kappa shape index (κ1) is 18.8. The van der Waals surface area contributed by atoms with Gasteiger partial charge in [0.05, 0.1) is 31.9 Å². The number of nitrogens with zero attached hydrogens (tertiary/aromatic N) is 2. The molecule has 5 heteroatoms. The van der Waals surface area contributed by atoms with Crippen molar-refractivity contribution in [1.29, 1.82) is 0 Å². The standard InChI is InChI=1S/C23H29N3O2/c27-21-12-6-5-11-20(21)24-15-17-25(18-16-24)22(19-9-3-1-4-10-19)23(28)26-13-7-2-8-14-26/h1,3-6,9-12,22,27H,2,7-8,13-18H2/p+1/t22-/m0/s1. The average Bonchev–Trinajstić information content (AvgIpc) is 2.76. The van der Waals surface area contributed by atoms with Gasteiger partial charge in [-0.05, 0) is 31.4 Å². The minimum Gasteiger partial charge on any atom is -0.506 e. The molecular formula is C23H30N3O2+. The highest BCUT2D eigenvalue weighted by Crippen LogP contribution is 2.26. The number of quaternary nitrogens is 1. The monoisotopic (exact) mass is 380 g/mol. The SMILES string of the molecule is O=C([C@H](c1ccccc1)[NH+]1CCN(c2ccccc2O)CC1)N1CCCCC1. The van der Waals surface area contributed by atoms with Gasteiger partial charge in [0, 0.05) is 18.7 Å². The average molecular weight is 381 g/mol. The van der Waals surface area contributed by atoms with E-state index in [-0.39, 0.29) is 11.9 Å². The highest BCUT2D eigenvalue weighted by atomic mass is 16.3. The molecule has 0 unspecified atom stereocenters. The van der Waals surface area contributed by atoms with Crippen LogP contribution in [0.2, 0.25) is 0 Å². The first-order valence-corrected chi connectivity index (χ1v) is 10.5. The maximum atomic E-state index is 13.5. The van der Waals surface area contributed by atoms with Gasteiger partial charge in [-0.3, -0.25) is 4.79 Å². The third kappa shape index (κ3) is 3.99. The molecule has 2 aliphatic heterocycles. The number of hydrogen-bond donors (Lipinski definition) is 2. The zero-order chi connectivity index (χ0) is 19.3. The molecule has 2 aromatic rings. The number of amides is 1. The fourth-order valence-corrected chi connectivity index (χ4v) is 4.55. The second kappa shape index (κ2) is 8.65. The number of hydrogen-bond acceptors (Lipinski definition) is 3. The molecule has 0 aromatic heterocycles. The first-order chi connectivity index (χ1) is 13.7. The molecule has 0 spiro atoms. The minimum atomic E-state index is -0.133. The summed E-state index contributed by atoms with van der Waals surface area (Å²) in [7, 11) is 0. The van der Waals surface area contributed by atoms with Crippen LogP contribution in [0.3, 0.4) is 0 Å². The fourth-order valence-electron chi connectivity index (χ4n) is 4.55. The summed E-state index contributed by atoms with van der Waals surface area (Å²) in [6.07, 6.45) is 3.46. The van der Waals surface area contributed by atoms with Gasteiger partial charge >= 0.3 is 0 Å². The number of carbonyl (C=O) groups excluding carboxylic acids is 1. The third-order valence-electron chi connectivity index (χ3n) is 6.08. The van der Waals surface area contributed by atoms with Gasteiger partial charge in [0.2, 0.25) is 0 Å². The molecule has 2 fully saturated rings. The minimum absolute atomic E-state index is 0.133. The molecule has 0 saturated carbocycles. The number of likely N-dealkylation sites (tertiary alicyclic amines) is 1. The van der Waals surface area contributed by atoms with Crippen molar-refractivity contribution in [2.75, 3.05) is 44.2 Å². The molecule has 28 heavy (non-hydrogen) atoms. The van der Waals surface area contributed by atoms with E-state index in [4.69, 9.17) is 0 Å². The lowest BCUT2D eigenvalue weighted by atomic mass is 10.0. The van der Waals surface area contributed by atoms with Crippen LogP contribution in [0.1, 0.15) is 30.9 Å². The van der Waals surface area contributed by atoms with E-state index in [2.05, 4.69) is 21.9 Å². The van der Waals surface area contributed by atoms with E-state index >= 15 is 0 Å². The summed E-state index contributed by atoms with van der Waals surface area (Å²) in [6.45, 7) is 5.22. The molecule has 2 N–H and O–H groups in total. The van der Waals surface area contributed by atoms with Gasteiger partial charge in [0.1, 0.15) is 5.75 Å². The number of carbonyl (C=O) groups is 1. The van der Waals surface area contributed by atoms with E-state index in [1.54, 1.807) is 6.07 Å². The van der Waals surface area contributed by atoms with Crippen LogP contribution >= 0.6 is 0 Å². The Morgan fingerprint density at radius 1 is 0.857 bits per heavy atom. The van der Waals surface area contributed by atoms with Crippen molar-refractivity contribution >= 4 is 11.6 Å². The quantitative estimate of drug-likeness (QED) is 0.851. The molecule has 2 saturated heterocycles. The van der Waals surface area contributed by atoms with Crippen LogP contribution in [0.5, 0.6) is 5.75 Å². The highest BCUT2D eigenvalue weighted by Gasteiger charge is 2.37. The third-order valence-corrected chi connectivity index (χ3v) is 6.08. The number of nitrogens with one attached hydrogen (secondary N) is 1. The highest BCUT2D eigenvalue weighted by molar-refractivity contribution is 5.82. The van der Waals surface area contributed by atoms with Crippen molar-refractivity contribution in [2.45, 2.75) is 25.3 Å². The second-order valence-corrected chi connectivity index (χ2v) is 7.86. The number of aromatic hydroxyl groups is 1. The lowest BCUT2D eigenvalue weighted by Gasteiger charge is -2.39. The van der Waals surface area contributed by atoms with E-state index in [9.17, 15) is 9.90 Å². The number of phenols is 1. The Labute approximate surface area is 167 Å². The molecule has 148 valence electrons. The molecule has 2 aliphatic rings. The summed E-state index contributed by atoms with van der Waals surface area (Å²) in [6, 6.07) is 17.6. The van der Waals surface area contributed by atoms with E-state index in [0.717, 1.165) is 63.4 Å². The lowest BCUT2D eigenvalue weighted by Crippen LogP contribution is -3.16. The van der Waals surface area contributed by atoms with E-state index in [1.807, 2.05) is 36.4 Å². The summed E-state index contributed by atoms with van der Waals surface area (Å²) in [4.78, 5) is 19.1. The largest absolute Gasteiger partial charge is 0.506 e. The fraction of sp³-hybridized carbons (Fsp3) is 0.435. The summed E-state index contributed by atoms with van der Waals surface area (Å²) < 4.78 is 0. The van der Waals surface area contributed by atoms with Crippen molar-refractivity contribution in [2.24, 2.45) is 0 Å². The Balaban J connectivity index is 1.51. The maximum absolute atomic E-state index is 13.5. The van der Waals surface area contributed by atoms with Gasteiger partial charge in [-0.2, -0.15) is 0 Å². The topological polar surface area (TPSA) is 48.2 Å². The van der Waals surface area contributed by atoms with Gasteiger partial charge in [-0.1, -0.05) is 42.5 Å². The van der Waals surface area contributed by atoms with Crippen LogP contribution in [0.4, 0.5) is 5.69 Å². The van der Waals surface area contributed by atoms with Crippen LogP contribution in [0.25, 0.3) is 0 Å². The Morgan fingerprint density at radius 2 is 1.50 bits per heavy atom. The Hall–Kier alpha value is -2.53. The molecule has 5 nitrogen and oxygen atoms in total. The normalized spacial score (nSPS) is 19.4. The Kier molecular flexibility index (Phi) is 5.81. The van der Waals surface area contributed by atoms with Gasteiger partial charge in [0.25, 0.3) is 5.91 Å². The van der Waals surface area contributed by atoms with Crippen molar-refractivity contribution in [3.8, 4) is 5.75 Å². The summed E-state index contributed by atoms with van der Waals surface area (Å²) in [5.74, 6) is 0.604. The van der Waals surface area contributed by atoms with Gasteiger partial charge in [-0.15, -0.1) is 0 Å². The number of para-hydroxylation sites is 2. The number of phenolic OH excluding ortho intramolecular Hbond substituents is 1. The first-order valence-electron chi connectivity index (χ1n) is 10.5. The Morgan fingerprint density at radius 3 is 2.18 bits per heavy atom. The van der Waals surface area contributed by atoms with E-state index in [0.29, 0.717) is 5.75 Å². The van der Waals surface area contributed by atoms with Crippen LogP contribution in [0.15, 0.2) is 54.6 Å². The molecule has 1 amide bonds. The molecular weight excluding hydrogens is 350 g/mol. The van der Waals surface area contributed by atoms with Crippen molar-refractivity contribution in [3.63, 3.8) is 0 Å². The van der Waals surface area contributed by atoms with Crippen molar-refractivity contribution < 1.29 is 14.8 Å². The van der Waals surface area contributed by atoms with Crippen LogP contribution in [-0.4, -0.2) is 55.2 Å².